The third kappa shape index (κ3) is 5.24. The maximum absolute atomic E-state index is 5.67. The normalized spacial score (nSPS) is 10.5. The van der Waals surface area contributed by atoms with E-state index < -0.39 is 0 Å². The van der Waals surface area contributed by atoms with Crippen LogP contribution in [0.3, 0.4) is 0 Å². The number of thiocarbonyl (C=S) groups is 1. The fourth-order valence-corrected chi connectivity index (χ4v) is 2.81. The molecule has 1 N–H and O–H groups in total. The number of nitrogens with one attached hydrogen (secondary N) is 1. The Balaban J connectivity index is 2.15. The Morgan fingerprint density at radius 3 is 2.50 bits per heavy atom. The van der Waals surface area contributed by atoms with E-state index in [0.29, 0.717) is 5.92 Å². The van der Waals surface area contributed by atoms with Crippen LogP contribution in [0.15, 0.2) is 48.5 Å². The molecule has 128 valence electrons. The standard InChI is InChI=1S/C20H26N2OS/c1-15(2)13-22(14-17-8-6-5-7-9-17)20(24)21-18-11-10-16(3)12-19(18)23-4/h5-12,15H,13-14H2,1-4H3,(H,21,24). The van der Waals surface area contributed by atoms with E-state index in [9.17, 15) is 0 Å². The van der Waals surface area contributed by atoms with Crippen LogP contribution in [-0.2, 0) is 6.54 Å². The summed E-state index contributed by atoms with van der Waals surface area (Å²) in [4.78, 5) is 2.20. The van der Waals surface area contributed by atoms with Gasteiger partial charge in [-0.1, -0.05) is 50.2 Å². The van der Waals surface area contributed by atoms with Gasteiger partial charge in [-0.15, -0.1) is 0 Å². The van der Waals surface area contributed by atoms with Gasteiger partial charge in [0.2, 0.25) is 0 Å². The first kappa shape index (κ1) is 18.3. The molecule has 0 saturated carbocycles. The van der Waals surface area contributed by atoms with Gasteiger partial charge in [0.05, 0.1) is 12.8 Å². The first-order chi connectivity index (χ1) is 11.5. The summed E-state index contributed by atoms with van der Waals surface area (Å²) in [6, 6.07) is 16.5. The quantitative estimate of drug-likeness (QED) is 0.758. The zero-order chi connectivity index (χ0) is 17.5. The van der Waals surface area contributed by atoms with Crippen LogP contribution in [0.4, 0.5) is 5.69 Å². The van der Waals surface area contributed by atoms with Crippen molar-refractivity contribution in [2.45, 2.75) is 27.3 Å². The van der Waals surface area contributed by atoms with Crippen LogP contribution in [0.2, 0.25) is 0 Å². The van der Waals surface area contributed by atoms with Crippen LogP contribution in [0.25, 0.3) is 0 Å². The van der Waals surface area contributed by atoms with Gasteiger partial charge in [-0.05, 0) is 48.3 Å². The van der Waals surface area contributed by atoms with Gasteiger partial charge in [0.15, 0.2) is 5.11 Å². The highest BCUT2D eigenvalue weighted by molar-refractivity contribution is 7.80. The van der Waals surface area contributed by atoms with Crippen LogP contribution >= 0.6 is 12.2 Å². The van der Waals surface area contributed by atoms with E-state index >= 15 is 0 Å². The zero-order valence-electron chi connectivity index (χ0n) is 14.9. The number of anilines is 1. The molecule has 0 aliphatic carbocycles. The predicted octanol–water partition coefficient (Wildman–Crippen LogP) is 4.86. The van der Waals surface area contributed by atoms with E-state index in [1.807, 2.05) is 25.1 Å². The minimum atomic E-state index is 0.522. The van der Waals surface area contributed by atoms with Crippen LogP contribution in [0.1, 0.15) is 25.0 Å². The van der Waals surface area contributed by atoms with Gasteiger partial charge in [0, 0.05) is 13.1 Å². The van der Waals surface area contributed by atoms with Gasteiger partial charge in [0.1, 0.15) is 5.75 Å². The van der Waals surface area contributed by atoms with Crippen molar-refractivity contribution in [2.75, 3.05) is 19.0 Å². The lowest BCUT2D eigenvalue weighted by atomic mass is 10.1. The lowest BCUT2D eigenvalue weighted by Gasteiger charge is -2.28. The Morgan fingerprint density at radius 2 is 1.88 bits per heavy atom. The molecule has 0 aliphatic rings. The molecule has 0 aromatic heterocycles. The van der Waals surface area contributed by atoms with Gasteiger partial charge in [-0.3, -0.25) is 0 Å². The first-order valence-electron chi connectivity index (χ1n) is 8.24. The number of methoxy groups -OCH3 is 1. The van der Waals surface area contributed by atoms with Crippen LogP contribution in [0.5, 0.6) is 5.75 Å². The van der Waals surface area contributed by atoms with Gasteiger partial charge in [-0.2, -0.15) is 0 Å². The van der Waals surface area contributed by atoms with Gasteiger partial charge < -0.3 is 15.0 Å². The highest BCUT2D eigenvalue weighted by Gasteiger charge is 2.14. The van der Waals surface area contributed by atoms with Crippen molar-refractivity contribution in [1.29, 1.82) is 0 Å². The maximum Gasteiger partial charge on any atom is 0.173 e. The summed E-state index contributed by atoms with van der Waals surface area (Å²) >= 11 is 5.67. The van der Waals surface area contributed by atoms with Crippen LogP contribution in [0, 0.1) is 12.8 Å². The molecule has 0 unspecified atom stereocenters. The molecule has 0 atom stereocenters. The number of rotatable bonds is 6. The van der Waals surface area contributed by atoms with Crippen molar-refractivity contribution in [3.63, 3.8) is 0 Å². The summed E-state index contributed by atoms with van der Waals surface area (Å²) in [5.74, 6) is 1.33. The minimum absolute atomic E-state index is 0.522. The molecule has 4 heteroatoms. The number of hydrogen-bond acceptors (Lipinski definition) is 2. The SMILES string of the molecule is COc1cc(C)ccc1NC(=S)N(Cc1ccccc1)CC(C)C. The van der Waals surface area contributed by atoms with Crippen LogP contribution in [-0.4, -0.2) is 23.7 Å². The van der Waals surface area contributed by atoms with Crippen molar-refractivity contribution in [3.8, 4) is 5.75 Å². The smallest absolute Gasteiger partial charge is 0.173 e. The maximum atomic E-state index is 5.67. The number of aryl methyl sites for hydroxylation is 1. The van der Waals surface area contributed by atoms with Crippen molar-refractivity contribution in [2.24, 2.45) is 5.92 Å². The lowest BCUT2D eigenvalue weighted by molar-refractivity contribution is 0.364. The molecule has 0 heterocycles. The van der Waals surface area contributed by atoms with Crippen molar-refractivity contribution < 1.29 is 4.74 Å². The second-order valence-corrected chi connectivity index (χ2v) is 6.78. The lowest BCUT2D eigenvalue weighted by Crippen LogP contribution is -2.37. The molecule has 0 amide bonds. The summed E-state index contributed by atoms with van der Waals surface area (Å²) in [5.41, 5.74) is 3.31. The molecule has 0 saturated heterocycles. The summed E-state index contributed by atoms with van der Waals surface area (Å²) < 4.78 is 5.47. The Kier molecular flexibility index (Phi) is 6.62. The molecule has 0 fully saturated rings. The largest absolute Gasteiger partial charge is 0.495 e. The van der Waals surface area contributed by atoms with Gasteiger partial charge in [0.25, 0.3) is 0 Å². The summed E-state index contributed by atoms with van der Waals surface area (Å²) in [6.07, 6.45) is 0. The molecule has 0 bridgehead atoms. The Morgan fingerprint density at radius 1 is 1.17 bits per heavy atom. The topological polar surface area (TPSA) is 24.5 Å². The second kappa shape index (κ2) is 8.69. The number of ether oxygens (including phenoxy) is 1. The molecule has 0 radical (unpaired) electrons. The molecular weight excluding hydrogens is 316 g/mol. The molecular formula is C20H26N2OS. The Labute approximate surface area is 150 Å². The molecule has 2 aromatic carbocycles. The average molecular weight is 343 g/mol. The number of benzene rings is 2. The minimum Gasteiger partial charge on any atom is -0.495 e. The summed E-state index contributed by atoms with van der Waals surface area (Å²) in [5, 5.41) is 4.06. The average Bonchev–Trinajstić information content (AvgIpc) is 2.56. The third-order valence-corrected chi connectivity index (χ3v) is 4.05. The fourth-order valence-electron chi connectivity index (χ4n) is 2.56. The first-order valence-corrected chi connectivity index (χ1v) is 8.65. The van der Waals surface area contributed by atoms with E-state index in [2.05, 4.69) is 54.4 Å². The number of hydrogen-bond donors (Lipinski definition) is 1. The molecule has 0 aliphatic heterocycles. The Bertz CT molecular complexity index is 671. The van der Waals surface area contributed by atoms with Gasteiger partial charge in [-0.25, -0.2) is 0 Å². The highest BCUT2D eigenvalue weighted by atomic mass is 32.1. The van der Waals surface area contributed by atoms with Gasteiger partial charge >= 0.3 is 0 Å². The van der Waals surface area contributed by atoms with E-state index in [-0.39, 0.29) is 0 Å². The second-order valence-electron chi connectivity index (χ2n) is 6.39. The van der Waals surface area contributed by atoms with E-state index in [4.69, 9.17) is 17.0 Å². The predicted molar refractivity (Wildman–Crippen MR) is 106 cm³/mol. The van der Waals surface area contributed by atoms with E-state index in [1.54, 1.807) is 7.11 Å². The molecule has 2 rings (SSSR count). The number of nitrogens with zero attached hydrogens (tertiary/aromatic N) is 1. The van der Waals surface area contributed by atoms with Crippen molar-refractivity contribution in [1.82, 2.24) is 4.90 Å². The van der Waals surface area contributed by atoms with Crippen LogP contribution < -0.4 is 10.1 Å². The molecule has 2 aromatic rings. The Hall–Kier alpha value is -2.07. The van der Waals surface area contributed by atoms with E-state index in [0.717, 1.165) is 35.2 Å². The zero-order valence-corrected chi connectivity index (χ0v) is 15.7. The molecule has 0 spiro atoms. The van der Waals surface area contributed by atoms with Crippen molar-refractivity contribution in [3.05, 3.63) is 59.7 Å². The third-order valence-electron chi connectivity index (χ3n) is 3.69. The summed E-state index contributed by atoms with van der Waals surface area (Å²) in [6.45, 7) is 8.14. The highest BCUT2D eigenvalue weighted by Crippen LogP contribution is 2.26. The van der Waals surface area contributed by atoms with E-state index in [1.165, 1.54) is 5.56 Å². The fraction of sp³-hybridized carbons (Fsp3) is 0.350. The molecule has 3 nitrogen and oxygen atoms in total. The monoisotopic (exact) mass is 342 g/mol. The van der Waals surface area contributed by atoms with Crippen molar-refractivity contribution >= 4 is 23.0 Å². The summed E-state index contributed by atoms with van der Waals surface area (Å²) in [7, 11) is 1.68. The molecule has 24 heavy (non-hydrogen) atoms.